The molecule has 2 aliphatic carbocycles. The molecular weight excluding hydrogens is 319 g/mol. The minimum Gasteiger partial charge on any atom is -0.244 e. The number of sulfonamides is 1. The van der Waals surface area contributed by atoms with E-state index < -0.39 is 21.2 Å². The molecule has 8 heteroatoms. The van der Waals surface area contributed by atoms with Crippen LogP contribution in [0.5, 0.6) is 0 Å². The smallest absolute Gasteiger partial charge is 0.244 e. The van der Waals surface area contributed by atoms with Crippen LogP contribution in [0.1, 0.15) is 32.1 Å². The molecule has 1 heterocycles. The fraction of sp³-hybridized carbons (Fsp3) is 0.467. The van der Waals surface area contributed by atoms with Crippen LogP contribution >= 0.6 is 0 Å². The highest BCUT2D eigenvalue weighted by molar-refractivity contribution is 7.89. The van der Waals surface area contributed by atoms with Crippen LogP contribution in [0.2, 0.25) is 0 Å². The molecule has 0 aliphatic heterocycles. The Morgan fingerprint density at radius 3 is 2.43 bits per heavy atom. The maximum Gasteiger partial charge on any atom is 0.260 e. The molecule has 0 atom stereocenters. The second kappa shape index (κ2) is 4.85. The molecule has 2 fully saturated rings. The van der Waals surface area contributed by atoms with Gasteiger partial charge in [-0.3, -0.25) is 0 Å². The minimum atomic E-state index is -3.83. The first-order valence-corrected chi connectivity index (χ1v) is 9.09. The molecule has 1 aromatic carbocycles. The van der Waals surface area contributed by atoms with E-state index in [4.69, 9.17) is 0 Å². The predicted octanol–water partition coefficient (Wildman–Crippen LogP) is 1.97. The van der Waals surface area contributed by atoms with Crippen LogP contribution in [0, 0.1) is 0 Å². The second-order valence-electron chi connectivity index (χ2n) is 6.53. The number of hydrogen-bond donors (Lipinski definition) is 1. The van der Waals surface area contributed by atoms with Crippen LogP contribution in [-0.2, 0) is 10.0 Å². The fourth-order valence-electron chi connectivity index (χ4n) is 3.77. The summed E-state index contributed by atoms with van der Waals surface area (Å²) in [6.45, 7) is 0. The molecule has 2 bridgehead atoms. The van der Waals surface area contributed by atoms with Crippen LogP contribution in [0.15, 0.2) is 41.6 Å². The van der Waals surface area contributed by atoms with E-state index in [1.807, 2.05) is 6.07 Å². The summed E-state index contributed by atoms with van der Waals surface area (Å²) in [6, 6.07) is 8.94. The molecule has 0 spiro atoms. The third-order valence-corrected chi connectivity index (χ3v) is 6.43. The van der Waals surface area contributed by atoms with Crippen molar-refractivity contribution in [2.75, 3.05) is 0 Å². The van der Waals surface area contributed by atoms with Gasteiger partial charge in [0.15, 0.2) is 5.03 Å². The van der Waals surface area contributed by atoms with Gasteiger partial charge >= 0.3 is 0 Å². The summed E-state index contributed by atoms with van der Waals surface area (Å²) in [5.74, 6) is 0. The number of alkyl halides is 1. The largest absolute Gasteiger partial charge is 0.260 e. The number of nitrogens with zero attached hydrogens (tertiary/aromatic N) is 3. The van der Waals surface area contributed by atoms with Gasteiger partial charge in [-0.2, -0.15) is 0 Å². The average molecular weight is 336 g/mol. The maximum atomic E-state index is 14.3. The molecule has 0 unspecified atom stereocenters. The Labute approximate surface area is 133 Å². The van der Waals surface area contributed by atoms with Crippen molar-refractivity contribution in [1.29, 1.82) is 0 Å². The van der Waals surface area contributed by atoms with Gasteiger partial charge in [0.25, 0.3) is 10.0 Å². The van der Waals surface area contributed by atoms with Crippen molar-refractivity contribution in [1.82, 2.24) is 19.7 Å². The summed E-state index contributed by atoms with van der Waals surface area (Å²) in [7, 11) is -3.83. The fourth-order valence-corrected chi connectivity index (χ4v) is 5.28. The van der Waals surface area contributed by atoms with Crippen LogP contribution in [0.25, 0.3) is 5.69 Å². The molecular formula is C15H17FN4O2S. The molecule has 2 aromatic rings. The Bertz CT molecular complexity index is 826. The first-order chi connectivity index (χ1) is 10.9. The molecule has 122 valence electrons. The topological polar surface area (TPSA) is 76.9 Å². The number of fused-ring (bicyclic) bond motifs is 2. The number of nitrogens with one attached hydrogen (secondary N) is 1. The first-order valence-electron chi connectivity index (χ1n) is 7.61. The van der Waals surface area contributed by atoms with Crippen molar-refractivity contribution in [2.45, 2.75) is 48.3 Å². The molecule has 4 rings (SSSR count). The van der Waals surface area contributed by atoms with Gasteiger partial charge in [-0.1, -0.05) is 23.4 Å². The van der Waals surface area contributed by atoms with Gasteiger partial charge < -0.3 is 0 Å². The van der Waals surface area contributed by atoms with E-state index in [0.29, 0.717) is 31.4 Å². The van der Waals surface area contributed by atoms with E-state index >= 15 is 0 Å². The third-order valence-electron chi connectivity index (χ3n) is 4.90. The van der Waals surface area contributed by atoms with Crippen LogP contribution < -0.4 is 4.72 Å². The standard InChI is InChI=1S/C15H17FN4O2S/c16-14-6-8-15(11-14,9-7-14)18-23(21,22)13-10-17-19-20(13)12-4-2-1-3-5-12/h1-5,10,18H,6-9,11H2. The monoisotopic (exact) mass is 336 g/mol. The van der Waals surface area contributed by atoms with E-state index in [9.17, 15) is 12.8 Å². The zero-order valence-corrected chi connectivity index (χ0v) is 13.3. The quantitative estimate of drug-likeness (QED) is 0.926. The van der Waals surface area contributed by atoms with Crippen LogP contribution in [0.3, 0.4) is 0 Å². The summed E-state index contributed by atoms with van der Waals surface area (Å²) in [6.07, 6.45) is 3.40. The predicted molar refractivity (Wildman–Crippen MR) is 81.3 cm³/mol. The van der Waals surface area contributed by atoms with Gasteiger partial charge in [-0.15, -0.1) is 5.10 Å². The number of hydrogen-bond acceptors (Lipinski definition) is 4. The maximum absolute atomic E-state index is 14.3. The van der Waals surface area contributed by atoms with Crippen molar-refractivity contribution in [3.63, 3.8) is 0 Å². The summed E-state index contributed by atoms with van der Waals surface area (Å²) in [5, 5.41) is 7.58. The normalized spacial score (nSPS) is 30.0. The molecule has 2 aliphatic rings. The van der Waals surface area contributed by atoms with Crippen molar-refractivity contribution in [2.24, 2.45) is 0 Å². The van der Waals surface area contributed by atoms with Gasteiger partial charge in [-0.05, 0) is 37.8 Å². The van der Waals surface area contributed by atoms with Gasteiger partial charge in [0.05, 0.1) is 11.9 Å². The lowest BCUT2D eigenvalue weighted by atomic mass is 9.94. The Balaban J connectivity index is 1.67. The van der Waals surface area contributed by atoms with E-state index in [-0.39, 0.29) is 11.4 Å². The Morgan fingerprint density at radius 1 is 1.13 bits per heavy atom. The molecule has 2 saturated carbocycles. The summed E-state index contributed by atoms with van der Waals surface area (Å²) >= 11 is 0. The number of para-hydroxylation sites is 1. The van der Waals surface area contributed by atoms with Crippen molar-refractivity contribution < 1.29 is 12.8 Å². The van der Waals surface area contributed by atoms with Crippen molar-refractivity contribution >= 4 is 10.0 Å². The molecule has 0 radical (unpaired) electrons. The second-order valence-corrected chi connectivity index (χ2v) is 8.16. The summed E-state index contributed by atoms with van der Waals surface area (Å²) < 4.78 is 43.9. The van der Waals surface area contributed by atoms with Gasteiger partial charge in [0.1, 0.15) is 5.67 Å². The lowest BCUT2D eigenvalue weighted by molar-refractivity contribution is 0.176. The summed E-state index contributed by atoms with van der Waals surface area (Å²) in [5.41, 5.74) is -1.26. The molecule has 1 N–H and O–H groups in total. The highest BCUT2D eigenvalue weighted by Gasteiger charge is 2.56. The van der Waals surface area contributed by atoms with Gasteiger partial charge in [-0.25, -0.2) is 22.2 Å². The van der Waals surface area contributed by atoms with Crippen LogP contribution in [-0.4, -0.2) is 34.6 Å². The molecule has 23 heavy (non-hydrogen) atoms. The van der Waals surface area contributed by atoms with E-state index in [2.05, 4.69) is 15.0 Å². The molecule has 0 amide bonds. The average Bonchev–Trinajstić information content (AvgIpc) is 3.20. The zero-order chi connectivity index (χ0) is 16.1. The number of rotatable bonds is 4. The SMILES string of the molecule is O=S(=O)(NC12CCC(F)(CC1)C2)c1cnnn1-c1ccccc1. The minimum absolute atomic E-state index is 0.0265. The molecule has 6 nitrogen and oxygen atoms in total. The van der Waals surface area contributed by atoms with E-state index in [0.717, 1.165) is 0 Å². The van der Waals surface area contributed by atoms with Gasteiger partial charge in [0.2, 0.25) is 0 Å². The Morgan fingerprint density at radius 2 is 1.83 bits per heavy atom. The van der Waals surface area contributed by atoms with Crippen molar-refractivity contribution in [3.8, 4) is 5.69 Å². The number of benzene rings is 1. The molecule has 0 saturated heterocycles. The third kappa shape index (κ3) is 2.46. The zero-order valence-electron chi connectivity index (χ0n) is 12.4. The van der Waals surface area contributed by atoms with Crippen LogP contribution in [0.4, 0.5) is 4.39 Å². The van der Waals surface area contributed by atoms with E-state index in [1.165, 1.54) is 10.9 Å². The van der Waals surface area contributed by atoms with E-state index in [1.54, 1.807) is 24.3 Å². The Hall–Kier alpha value is -1.80. The molecule has 1 aromatic heterocycles. The lowest BCUT2D eigenvalue weighted by Gasteiger charge is -2.27. The number of halogens is 1. The van der Waals surface area contributed by atoms with Gasteiger partial charge in [0, 0.05) is 12.0 Å². The first kappa shape index (κ1) is 14.8. The lowest BCUT2D eigenvalue weighted by Crippen LogP contribution is -2.45. The summed E-state index contributed by atoms with van der Waals surface area (Å²) in [4.78, 5) is 0. The van der Waals surface area contributed by atoms with Crippen molar-refractivity contribution in [3.05, 3.63) is 36.5 Å². The highest BCUT2D eigenvalue weighted by atomic mass is 32.2. The number of aromatic nitrogens is 3. The Kier molecular flexibility index (Phi) is 3.11. The highest BCUT2D eigenvalue weighted by Crippen LogP contribution is 2.53.